The third-order valence-corrected chi connectivity index (χ3v) is 5.44. The van der Waals surface area contributed by atoms with Crippen molar-refractivity contribution in [2.24, 2.45) is 10.9 Å². The van der Waals surface area contributed by atoms with Gasteiger partial charge in [-0.25, -0.2) is 0 Å². The quantitative estimate of drug-likeness (QED) is 0.506. The summed E-state index contributed by atoms with van der Waals surface area (Å²) in [6.45, 7) is 20.1. The molecule has 2 heterocycles. The Morgan fingerprint density at radius 2 is 1.92 bits per heavy atom. The van der Waals surface area contributed by atoms with E-state index in [1.165, 1.54) is 25.9 Å². The molecule has 6 nitrogen and oxygen atoms in total. The van der Waals surface area contributed by atoms with Crippen LogP contribution in [-0.4, -0.2) is 86.4 Å². The van der Waals surface area contributed by atoms with E-state index in [1.54, 1.807) is 0 Å². The Labute approximate surface area is 160 Å². The molecular weight excluding hydrogens is 326 g/mol. The third-order valence-electron chi connectivity index (χ3n) is 5.44. The molecule has 2 N–H and O–H groups in total. The van der Waals surface area contributed by atoms with Crippen molar-refractivity contribution in [3.63, 3.8) is 0 Å². The van der Waals surface area contributed by atoms with Crippen LogP contribution in [0, 0.1) is 5.92 Å². The van der Waals surface area contributed by atoms with Gasteiger partial charge in [-0.05, 0) is 46.1 Å². The minimum atomic E-state index is 0.0587. The molecule has 2 aliphatic rings. The number of morpholine rings is 1. The van der Waals surface area contributed by atoms with Gasteiger partial charge in [-0.2, -0.15) is 0 Å². The molecule has 0 bridgehead atoms. The van der Waals surface area contributed by atoms with Crippen molar-refractivity contribution in [1.29, 1.82) is 0 Å². The number of nitrogens with zero attached hydrogens (tertiary/aromatic N) is 3. The molecule has 0 saturated carbocycles. The predicted octanol–water partition coefficient (Wildman–Crippen LogP) is 1.77. The first-order valence-corrected chi connectivity index (χ1v) is 10.5. The highest BCUT2D eigenvalue weighted by Crippen LogP contribution is 2.18. The Morgan fingerprint density at radius 1 is 1.19 bits per heavy atom. The van der Waals surface area contributed by atoms with Gasteiger partial charge in [0.25, 0.3) is 0 Å². The predicted molar refractivity (Wildman–Crippen MR) is 110 cm³/mol. The van der Waals surface area contributed by atoms with Gasteiger partial charge in [-0.3, -0.25) is 14.8 Å². The molecule has 26 heavy (non-hydrogen) atoms. The molecule has 0 aromatic carbocycles. The van der Waals surface area contributed by atoms with Crippen molar-refractivity contribution < 1.29 is 4.74 Å². The number of guanidine groups is 1. The fourth-order valence-electron chi connectivity index (χ4n) is 3.93. The van der Waals surface area contributed by atoms with Crippen LogP contribution in [0.5, 0.6) is 0 Å². The fourth-order valence-corrected chi connectivity index (χ4v) is 3.93. The maximum atomic E-state index is 5.49. The van der Waals surface area contributed by atoms with Crippen LogP contribution in [0.2, 0.25) is 0 Å². The number of ether oxygens (including phenoxy) is 1. The molecule has 6 heteroatoms. The molecule has 152 valence electrons. The van der Waals surface area contributed by atoms with Crippen molar-refractivity contribution in [3.8, 4) is 0 Å². The number of likely N-dealkylation sites (tertiary alicyclic amines) is 1. The van der Waals surface area contributed by atoms with Gasteiger partial charge < -0.3 is 15.4 Å². The Balaban J connectivity index is 1.87. The van der Waals surface area contributed by atoms with E-state index < -0.39 is 0 Å². The third kappa shape index (κ3) is 6.71. The van der Waals surface area contributed by atoms with Crippen molar-refractivity contribution in [2.45, 2.75) is 59.0 Å². The van der Waals surface area contributed by atoms with E-state index in [4.69, 9.17) is 9.73 Å². The lowest BCUT2D eigenvalue weighted by Gasteiger charge is -2.40. The second kappa shape index (κ2) is 10.5. The summed E-state index contributed by atoms with van der Waals surface area (Å²) in [4.78, 5) is 10.0. The molecule has 2 rings (SSSR count). The van der Waals surface area contributed by atoms with Crippen molar-refractivity contribution >= 4 is 5.96 Å². The summed E-state index contributed by atoms with van der Waals surface area (Å²) in [7, 11) is 0. The molecule has 0 aromatic heterocycles. The first-order chi connectivity index (χ1) is 12.4. The first-order valence-electron chi connectivity index (χ1n) is 10.5. The number of nitrogens with one attached hydrogen (secondary N) is 2. The maximum Gasteiger partial charge on any atom is 0.191 e. The van der Waals surface area contributed by atoms with E-state index in [2.05, 4.69) is 55.1 Å². The van der Waals surface area contributed by atoms with Crippen molar-refractivity contribution in [3.05, 3.63) is 0 Å². The summed E-state index contributed by atoms with van der Waals surface area (Å²) < 4.78 is 5.49. The van der Waals surface area contributed by atoms with Crippen LogP contribution in [0.25, 0.3) is 0 Å². The van der Waals surface area contributed by atoms with Gasteiger partial charge in [0.1, 0.15) is 0 Å². The van der Waals surface area contributed by atoms with Crippen LogP contribution >= 0.6 is 0 Å². The van der Waals surface area contributed by atoms with E-state index in [1.807, 2.05) is 0 Å². The van der Waals surface area contributed by atoms with Crippen molar-refractivity contribution in [2.75, 3.05) is 59.0 Å². The van der Waals surface area contributed by atoms with E-state index in [-0.39, 0.29) is 5.54 Å². The SMILES string of the molecule is CCNC(=NCC(C)(C)N1CCOCC1)NC[C@H]1CCCN1CC(C)C. The Morgan fingerprint density at radius 3 is 2.58 bits per heavy atom. The van der Waals surface area contributed by atoms with Crippen LogP contribution in [0.3, 0.4) is 0 Å². The number of aliphatic imine (C=N–C) groups is 1. The fraction of sp³-hybridized carbons (Fsp3) is 0.950. The van der Waals surface area contributed by atoms with E-state index in [0.717, 1.165) is 57.8 Å². The van der Waals surface area contributed by atoms with Gasteiger partial charge in [0.2, 0.25) is 0 Å². The molecular formula is C20H41N5O. The molecule has 0 radical (unpaired) electrons. The maximum absolute atomic E-state index is 5.49. The highest BCUT2D eigenvalue weighted by molar-refractivity contribution is 5.79. The highest BCUT2D eigenvalue weighted by atomic mass is 16.5. The summed E-state index contributed by atoms with van der Waals surface area (Å²) in [6.07, 6.45) is 2.61. The second-order valence-corrected chi connectivity index (χ2v) is 8.67. The molecule has 0 aromatic rings. The highest BCUT2D eigenvalue weighted by Gasteiger charge is 2.28. The molecule has 0 spiro atoms. The van der Waals surface area contributed by atoms with Crippen LogP contribution < -0.4 is 10.6 Å². The number of hydrogen-bond acceptors (Lipinski definition) is 4. The molecule has 1 atom stereocenters. The van der Waals surface area contributed by atoms with Crippen molar-refractivity contribution in [1.82, 2.24) is 20.4 Å². The summed E-state index contributed by atoms with van der Waals surface area (Å²) in [5, 5.41) is 7.01. The van der Waals surface area contributed by atoms with Crippen LogP contribution in [0.1, 0.15) is 47.5 Å². The Hall–Kier alpha value is -0.850. The summed E-state index contributed by atoms with van der Waals surface area (Å²) >= 11 is 0. The smallest absolute Gasteiger partial charge is 0.191 e. The summed E-state index contributed by atoms with van der Waals surface area (Å²) in [5.41, 5.74) is 0.0587. The zero-order valence-corrected chi connectivity index (χ0v) is 17.7. The standard InChI is InChI=1S/C20H41N5O/c1-6-21-19(22-14-18-8-7-9-24(18)15-17(2)3)23-16-20(4,5)25-10-12-26-13-11-25/h17-18H,6-16H2,1-5H3,(H2,21,22,23)/t18-/m1/s1. The van der Waals surface area contributed by atoms with Gasteiger partial charge >= 0.3 is 0 Å². The largest absolute Gasteiger partial charge is 0.379 e. The van der Waals surface area contributed by atoms with Crippen LogP contribution in [-0.2, 0) is 4.74 Å². The zero-order chi connectivity index (χ0) is 19.0. The second-order valence-electron chi connectivity index (χ2n) is 8.67. The number of rotatable bonds is 8. The Bertz CT molecular complexity index is 432. The molecule has 0 unspecified atom stereocenters. The molecule has 2 aliphatic heterocycles. The van der Waals surface area contributed by atoms with Gasteiger partial charge in [0, 0.05) is 44.3 Å². The monoisotopic (exact) mass is 367 g/mol. The van der Waals surface area contributed by atoms with E-state index >= 15 is 0 Å². The Kier molecular flexibility index (Phi) is 8.64. The normalized spacial score (nSPS) is 23.6. The lowest BCUT2D eigenvalue weighted by molar-refractivity contribution is -0.00684. The minimum absolute atomic E-state index is 0.0587. The van der Waals surface area contributed by atoms with E-state index in [9.17, 15) is 0 Å². The van der Waals surface area contributed by atoms with Gasteiger partial charge in [-0.15, -0.1) is 0 Å². The summed E-state index contributed by atoms with van der Waals surface area (Å²) in [6, 6.07) is 0.633. The van der Waals surface area contributed by atoms with E-state index in [0.29, 0.717) is 6.04 Å². The molecule has 2 saturated heterocycles. The lowest BCUT2D eigenvalue weighted by atomic mass is 10.0. The van der Waals surface area contributed by atoms with Gasteiger partial charge in [0.05, 0.1) is 19.8 Å². The topological polar surface area (TPSA) is 52.1 Å². The van der Waals surface area contributed by atoms with Crippen LogP contribution in [0.4, 0.5) is 0 Å². The summed E-state index contributed by atoms with van der Waals surface area (Å²) in [5.74, 6) is 1.68. The van der Waals surface area contributed by atoms with Gasteiger partial charge in [-0.1, -0.05) is 13.8 Å². The zero-order valence-electron chi connectivity index (χ0n) is 17.7. The van der Waals surface area contributed by atoms with Crippen LogP contribution in [0.15, 0.2) is 4.99 Å². The first kappa shape index (κ1) is 21.5. The van der Waals surface area contributed by atoms with Gasteiger partial charge in [0.15, 0.2) is 5.96 Å². The molecule has 0 aliphatic carbocycles. The number of hydrogen-bond donors (Lipinski definition) is 2. The molecule has 0 amide bonds. The minimum Gasteiger partial charge on any atom is -0.379 e. The average molecular weight is 368 g/mol. The average Bonchev–Trinajstić information content (AvgIpc) is 3.04. The lowest BCUT2D eigenvalue weighted by Crippen LogP contribution is -2.52. The molecule has 2 fully saturated rings.